The van der Waals surface area contributed by atoms with Crippen molar-refractivity contribution in [1.29, 1.82) is 0 Å². The predicted octanol–water partition coefficient (Wildman–Crippen LogP) is 3.21. The lowest BCUT2D eigenvalue weighted by Gasteiger charge is -2.27. The maximum absolute atomic E-state index is 5.65. The van der Waals surface area contributed by atoms with Crippen LogP contribution >= 0.6 is 11.8 Å². The van der Waals surface area contributed by atoms with Crippen molar-refractivity contribution in [1.82, 2.24) is 5.43 Å². The Balaban J connectivity index is 2.07. The molecule has 1 aliphatic carbocycles. The van der Waals surface area contributed by atoms with Crippen LogP contribution < -0.4 is 11.3 Å². The Bertz CT molecular complexity index is 350. The molecule has 1 aliphatic rings. The van der Waals surface area contributed by atoms with E-state index in [0.717, 1.165) is 17.4 Å². The Morgan fingerprint density at radius 1 is 1.47 bits per heavy atom. The van der Waals surface area contributed by atoms with E-state index in [1.807, 2.05) is 11.8 Å². The first-order chi connectivity index (χ1) is 8.35. The minimum atomic E-state index is 0.278. The molecule has 1 unspecified atom stereocenters. The lowest BCUT2D eigenvalue weighted by Crippen LogP contribution is -2.29. The lowest BCUT2D eigenvalue weighted by molar-refractivity contribution is 0.419. The van der Waals surface area contributed by atoms with Crippen LogP contribution in [0.15, 0.2) is 24.3 Å². The quantitative estimate of drug-likeness (QED) is 0.601. The van der Waals surface area contributed by atoms with E-state index < -0.39 is 0 Å². The van der Waals surface area contributed by atoms with Gasteiger partial charge in [0, 0.05) is 5.75 Å². The second kappa shape index (κ2) is 6.43. The summed E-state index contributed by atoms with van der Waals surface area (Å²) in [6, 6.07) is 9.23. The number of hydrazine groups is 1. The Morgan fingerprint density at radius 2 is 2.29 bits per heavy atom. The van der Waals surface area contributed by atoms with Crippen LogP contribution in [0.1, 0.15) is 49.3 Å². The maximum Gasteiger partial charge on any atom is 0.0550 e. The number of hydrogen-bond acceptors (Lipinski definition) is 3. The van der Waals surface area contributed by atoms with Crippen LogP contribution in [0, 0.1) is 0 Å². The van der Waals surface area contributed by atoms with Gasteiger partial charge in [-0.25, -0.2) is 0 Å². The Kier molecular flexibility index (Phi) is 4.89. The molecular weight excluding hydrogens is 228 g/mol. The molecule has 3 heteroatoms. The van der Waals surface area contributed by atoms with Gasteiger partial charge in [0.15, 0.2) is 0 Å². The second-order valence-electron chi connectivity index (χ2n) is 4.68. The third-order valence-electron chi connectivity index (χ3n) is 3.58. The average molecular weight is 250 g/mol. The molecule has 1 aromatic rings. The molecule has 0 radical (unpaired) electrons. The molecule has 1 saturated carbocycles. The zero-order valence-electron chi connectivity index (χ0n) is 10.5. The minimum Gasteiger partial charge on any atom is -0.271 e. The molecule has 1 fully saturated rings. The van der Waals surface area contributed by atoms with Gasteiger partial charge in [0.1, 0.15) is 0 Å². The predicted molar refractivity (Wildman–Crippen MR) is 76.1 cm³/mol. The minimum absolute atomic E-state index is 0.278. The van der Waals surface area contributed by atoms with Crippen LogP contribution in [-0.2, 0) is 0 Å². The highest BCUT2D eigenvalue weighted by atomic mass is 32.2. The summed E-state index contributed by atoms with van der Waals surface area (Å²) in [5, 5.41) is 0. The van der Waals surface area contributed by atoms with E-state index in [-0.39, 0.29) is 6.04 Å². The van der Waals surface area contributed by atoms with Crippen LogP contribution in [0.5, 0.6) is 0 Å². The zero-order valence-corrected chi connectivity index (χ0v) is 11.3. The highest BCUT2D eigenvalue weighted by Crippen LogP contribution is 2.37. The van der Waals surface area contributed by atoms with E-state index in [1.54, 1.807) is 0 Å². The molecule has 0 saturated heterocycles. The normalized spacial score (nSPS) is 17.8. The van der Waals surface area contributed by atoms with E-state index >= 15 is 0 Å². The van der Waals surface area contributed by atoms with Gasteiger partial charge in [0.2, 0.25) is 0 Å². The Morgan fingerprint density at radius 3 is 2.88 bits per heavy atom. The summed E-state index contributed by atoms with van der Waals surface area (Å²) in [7, 11) is 0. The SMILES string of the molecule is CCSCC(NN)c1cccc(C2CCC2)c1. The van der Waals surface area contributed by atoms with Crippen molar-refractivity contribution in [2.45, 2.75) is 38.1 Å². The van der Waals surface area contributed by atoms with Crippen LogP contribution in [0.25, 0.3) is 0 Å². The third kappa shape index (κ3) is 3.24. The molecule has 1 atom stereocenters. The van der Waals surface area contributed by atoms with Gasteiger partial charge in [-0.1, -0.05) is 37.6 Å². The number of hydrogen-bond donors (Lipinski definition) is 2. The van der Waals surface area contributed by atoms with Gasteiger partial charge in [0.05, 0.1) is 6.04 Å². The molecule has 94 valence electrons. The van der Waals surface area contributed by atoms with Crippen molar-refractivity contribution < 1.29 is 0 Å². The molecule has 1 aromatic carbocycles. The van der Waals surface area contributed by atoms with E-state index in [9.17, 15) is 0 Å². The number of nitrogens with two attached hydrogens (primary N) is 1. The molecule has 0 amide bonds. The highest BCUT2D eigenvalue weighted by Gasteiger charge is 2.20. The molecule has 0 spiro atoms. The summed E-state index contributed by atoms with van der Waals surface area (Å²) in [5.41, 5.74) is 5.76. The Hall–Kier alpha value is -0.510. The van der Waals surface area contributed by atoms with Gasteiger partial charge < -0.3 is 0 Å². The van der Waals surface area contributed by atoms with Crippen molar-refractivity contribution in [3.05, 3.63) is 35.4 Å². The number of thioether (sulfide) groups is 1. The Labute approximate surface area is 108 Å². The summed E-state index contributed by atoms with van der Waals surface area (Å²) in [5.74, 6) is 8.64. The second-order valence-corrected chi connectivity index (χ2v) is 6.00. The lowest BCUT2D eigenvalue weighted by atomic mass is 9.79. The number of rotatable bonds is 6. The fourth-order valence-electron chi connectivity index (χ4n) is 2.25. The van der Waals surface area contributed by atoms with E-state index in [4.69, 9.17) is 5.84 Å². The van der Waals surface area contributed by atoms with Crippen molar-refractivity contribution in [2.24, 2.45) is 5.84 Å². The monoisotopic (exact) mass is 250 g/mol. The van der Waals surface area contributed by atoms with E-state index in [2.05, 4.69) is 36.6 Å². The van der Waals surface area contributed by atoms with Crippen molar-refractivity contribution in [3.63, 3.8) is 0 Å². The van der Waals surface area contributed by atoms with Gasteiger partial charge in [-0.15, -0.1) is 0 Å². The fourth-order valence-corrected chi connectivity index (χ4v) is 3.01. The summed E-state index contributed by atoms with van der Waals surface area (Å²) >= 11 is 1.93. The van der Waals surface area contributed by atoms with Gasteiger partial charge in [0.25, 0.3) is 0 Å². The summed E-state index contributed by atoms with van der Waals surface area (Å²) in [4.78, 5) is 0. The van der Waals surface area contributed by atoms with Crippen molar-refractivity contribution in [2.75, 3.05) is 11.5 Å². The van der Waals surface area contributed by atoms with Gasteiger partial charge in [-0.3, -0.25) is 11.3 Å². The first-order valence-electron chi connectivity index (χ1n) is 6.49. The molecule has 0 bridgehead atoms. The molecule has 0 heterocycles. The van der Waals surface area contributed by atoms with Crippen molar-refractivity contribution in [3.8, 4) is 0 Å². The molecular formula is C14H22N2S. The van der Waals surface area contributed by atoms with Gasteiger partial charge >= 0.3 is 0 Å². The summed E-state index contributed by atoms with van der Waals surface area (Å²) < 4.78 is 0. The third-order valence-corrected chi connectivity index (χ3v) is 4.56. The largest absolute Gasteiger partial charge is 0.271 e. The van der Waals surface area contributed by atoms with E-state index in [0.29, 0.717) is 0 Å². The first-order valence-corrected chi connectivity index (χ1v) is 7.64. The molecule has 3 N–H and O–H groups in total. The summed E-state index contributed by atoms with van der Waals surface area (Å²) in [6.45, 7) is 2.18. The molecule has 0 aliphatic heterocycles. The van der Waals surface area contributed by atoms with Crippen LogP contribution in [-0.4, -0.2) is 11.5 Å². The molecule has 2 rings (SSSR count). The number of nitrogens with one attached hydrogen (secondary N) is 1. The van der Waals surface area contributed by atoms with Crippen molar-refractivity contribution >= 4 is 11.8 Å². The fraction of sp³-hybridized carbons (Fsp3) is 0.571. The van der Waals surface area contributed by atoms with Crippen LogP contribution in [0.4, 0.5) is 0 Å². The standard InChI is InChI=1S/C14H22N2S/c1-2-17-10-14(16-15)13-8-4-7-12(9-13)11-5-3-6-11/h4,7-9,11,14,16H,2-3,5-6,10,15H2,1H3. The smallest absolute Gasteiger partial charge is 0.0550 e. The molecule has 0 aromatic heterocycles. The van der Waals surface area contributed by atoms with Gasteiger partial charge in [-0.05, 0) is 35.6 Å². The van der Waals surface area contributed by atoms with Gasteiger partial charge in [-0.2, -0.15) is 11.8 Å². The number of benzene rings is 1. The molecule has 17 heavy (non-hydrogen) atoms. The first kappa shape index (κ1) is 12.9. The average Bonchev–Trinajstić information content (AvgIpc) is 2.28. The maximum atomic E-state index is 5.65. The zero-order chi connectivity index (χ0) is 12.1. The van der Waals surface area contributed by atoms with Crippen LogP contribution in [0.3, 0.4) is 0 Å². The van der Waals surface area contributed by atoms with Crippen LogP contribution in [0.2, 0.25) is 0 Å². The molecule has 2 nitrogen and oxygen atoms in total. The van der Waals surface area contributed by atoms with E-state index in [1.165, 1.54) is 30.4 Å². The summed E-state index contributed by atoms with van der Waals surface area (Å²) in [6.07, 6.45) is 4.10. The topological polar surface area (TPSA) is 38.0 Å². The highest BCUT2D eigenvalue weighted by molar-refractivity contribution is 7.99.